The highest BCUT2D eigenvalue weighted by Gasteiger charge is 2.13. The molecule has 2 aromatic rings. The average molecular weight is 367 g/mol. The highest BCUT2D eigenvalue weighted by molar-refractivity contribution is 6.32. The number of ether oxygens (including phenoxy) is 2. The van der Waals surface area contributed by atoms with Crippen LogP contribution in [-0.4, -0.2) is 32.6 Å². The van der Waals surface area contributed by atoms with Crippen LogP contribution in [0.25, 0.3) is 0 Å². The summed E-state index contributed by atoms with van der Waals surface area (Å²) < 4.78 is 23.1. The monoisotopic (exact) mass is 366 g/mol. The zero-order valence-electron chi connectivity index (χ0n) is 13.6. The van der Waals surface area contributed by atoms with Gasteiger partial charge in [-0.1, -0.05) is 11.6 Å². The third-order valence-electron chi connectivity index (χ3n) is 3.26. The van der Waals surface area contributed by atoms with Gasteiger partial charge in [-0.2, -0.15) is 0 Å². The van der Waals surface area contributed by atoms with Gasteiger partial charge in [0.2, 0.25) is 5.91 Å². The molecule has 0 saturated heterocycles. The summed E-state index contributed by atoms with van der Waals surface area (Å²) in [5, 5.41) is 5.33. The third kappa shape index (κ3) is 4.84. The largest absolute Gasteiger partial charge is 0.495 e. The maximum atomic E-state index is 12.8. The highest BCUT2D eigenvalue weighted by atomic mass is 35.5. The summed E-state index contributed by atoms with van der Waals surface area (Å²) >= 11 is 6.03. The molecule has 2 amide bonds. The van der Waals surface area contributed by atoms with Crippen molar-refractivity contribution in [3.63, 3.8) is 0 Å². The van der Waals surface area contributed by atoms with E-state index in [0.29, 0.717) is 22.2 Å². The lowest BCUT2D eigenvalue weighted by Crippen LogP contribution is -2.32. The second kappa shape index (κ2) is 8.34. The number of benzene rings is 2. The van der Waals surface area contributed by atoms with E-state index in [0.717, 1.165) is 0 Å². The maximum Gasteiger partial charge on any atom is 0.251 e. The molecule has 0 spiro atoms. The highest BCUT2D eigenvalue weighted by Crippen LogP contribution is 2.35. The van der Waals surface area contributed by atoms with E-state index in [2.05, 4.69) is 10.6 Å². The first-order valence-corrected chi connectivity index (χ1v) is 7.57. The summed E-state index contributed by atoms with van der Waals surface area (Å²) in [6.45, 7) is -0.275. The molecule has 8 heteroatoms. The molecule has 0 aliphatic carbocycles. The van der Waals surface area contributed by atoms with Gasteiger partial charge in [0, 0.05) is 11.6 Å². The predicted octanol–water partition coefficient (Wildman–Crippen LogP) is 2.86. The zero-order valence-corrected chi connectivity index (χ0v) is 14.3. The number of rotatable bonds is 6. The Morgan fingerprint density at radius 3 is 2.32 bits per heavy atom. The van der Waals surface area contributed by atoms with Gasteiger partial charge < -0.3 is 20.1 Å². The Balaban J connectivity index is 1.99. The van der Waals surface area contributed by atoms with E-state index in [1.807, 2.05) is 0 Å². The van der Waals surface area contributed by atoms with E-state index in [4.69, 9.17) is 21.1 Å². The van der Waals surface area contributed by atoms with Gasteiger partial charge >= 0.3 is 0 Å². The van der Waals surface area contributed by atoms with Gasteiger partial charge in [0.05, 0.1) is 31.5 Å². The first-order valence-electron chi connectivity index (χ1n) is 7.19. The van der Waals surface area contributed by atoms with Crippen LogP contribution >= 0.6 is 11.6 Å². The molecule has 6 nitrogen and oxygen atoms in total. The molecule has 0 heterocycles. The summed E-state index contributed by atoms with van der Waals surface area (Å²) in [5.74, 6) is -0.650. The molecule has 0 aliphatic heterocycles. The Morgan fingerprint density at radius 2 is 1.72 bits per heavy atom. The second-order valence-corrected chi connectivity index (χ2v) is 5.33. The average Bonchev–Trinajstić information content (AvgIpc) is 2.60. The van der Waals surface area contributed by atoms with Crippen LogP contribution in [0.2, 0.25) is 5.02 Å². The summed E-state index contributed by atoms with van der Waals surface area (Å²) in [4.78, 5) is 23.9. The fraction of sp³-hybridized carbons (Fsp3) is 0.176. The number of halogens is 2. The predicted molar refractivity (Wildman–Crippen MR) is 91.9 cm³/mol. The molecule has 2 N–H and O–H groups in total. The Hall–Kier alpha value is -2.80. The minimum Gasteiger partial charge on any atom is -0.495 e. The van der Waals surface area contributed by atoms with Gasteiger partial charge in [0.25, 0.3) is 5.91 Å². The van der Waals surface area contributed by atoms with E-state index < -0.39 is 17.6 Å². The molecule has 0 radical (unpaired) electrons. The minimum atomic E-state index is -0.491. The van der Waals surface area contributed by atoms with Gasteiger partial charge in [0.15, 0.2) is 0 Å². The fourth-order valence-corrected chi connectivity index (χ4v) is 2.26. The number of hydrogen-bond acceptors (Lipinski definition) is 4. The molecule has 0 atom stereocenters. The maximum absolute atomic E-state index is 12.8. The van der Waals surface area contributed by atoms with Crippen LogP contribution in [-0.2, 0) is 4.79 Å². The smallest absolute Gasteiger partial charge is 0.251 e. The molecule has 132 valence electrons. The van der Waals surface area contributed by atoms with Crippen molar-refractivity contribution in [2.75, 3.05) is 26.1 Å². The van der Waals surface area contributed by atoms with Gasteiger partial charge in [-0.25, -0.2) is 4.39 Å². The van der Waals surface area contributed by atoms with Gasteiger partial charge in [-0.3, -0.25) is 9.59 Å². The van der Waals surface area contributed by atoms with E-state index in [1.54, 1.807) is 0 Å². The number of nitrogens with one attached hydrogen (secondary N) is 2. The van der Waals surface area contributed by atoms with Gasteiger partial charge in [-0.05, 0) is 30.3 Å². The number of carbonyl (C=O) groups is 2. The Labute approximate surface area is 148 Å². The zero-order chi connectivity index (χ0) is 18.4. The van der Waals surface area contributed by atoms with Crippen molar-refractivity contribution >= 4 is 29.1 Å². The van der Waals surface area contributed by atoms with E-state index >= 15 is 0 Å². The van der Waals surface area contributed by atoms with E-state index in [-0.39, 0.29) is 12.1 Å². The van der Waals surface area contributed by atoms with E-state index in [9.17, 15) is 14.0 Å². The van der Waals surface area contributed by atoms with Crippen molar-refractivity contribution in [1.29, 1.82) is 0 Å². The van der Waals surface area contributed by atoms with Crippen LogP contribution in [0.15, 0.2) is 36.4 Å². The van der Waals surface area contributed by atoms with Crippen LogP contribution in [0, 0.1) is 5.82 Å². The summed E-state index contributed by atoms with van der Waals surface area (Å²) in [6.07, 6.45) is 0. The van der Waals surface area contributed by atoms with Crippen LogP contribution < -0.4 is 20.1 Å². The number of amides is 2. The molecule has 0 bridgehead atoms. The first-order chi connectivity index (χ1) is 11.9. The summed E-state index contributed by atoms with van der Waals surface area (Å²) in [7, 11) is 2.90. The van der Waals surface area contributed by atoms with Crippen LogP contribution in [0.4, 0.5) is 10.1 Å². The lowest BCUT2D eigenvalue weighted by molar-refractivity contribution is -0.115. The molecule has 2 aromatic carbocycles. The quantitative estimate of drug-likeness (QED) is 0.824. The number of hydrogen-bond donors (Lipinski definition) is 2. The van der Waals surface area contributed by atoms with Crippen molar-refractivity contribution in [2.45, 2.75) is 0 Å². The SMILES string of the molecule is COc1cc(OC)c(NC(=O)CNC(=O)c2ccc(F)cc2)cc1Cl. The molecule has 0 aliphatic rings. The van der Waals surface area contributed by atoms with Crippen molar-refractivity contribution in [1.82, 2.24) is 5.32 Å². The van der Waals surface area contributed by atoms with E-state index in [1.165, 1.54) is 50.6 Å². The number of methoxy groups -OCH3 is 2. The lowest BCUT2D eigenvalue weighted by atomic mass is 10.2. The number of carbonyl (C=O) groups excluding carboxylic acids is 2. The summed E-state index contributed by atoms with van der Waals surface area (Å²) in [5.41, 5.74) is 0.591. The lowest BCUT2D eigenvalue weighted by Gasteiger charge is -2.13. The Morgan fingerprint density at radius 1 is 1.08 bits per heavy atom. The molecule has 0 fully saturated rings. The second-order valence-electron chi connectivity index (χ2n) is 4.92. The Bertz CT molecular complexity index is 781. The van der Waals surface area contributed by atoms with Gasteiger partial charge in [0.1, 0.15) is 17.3 Å². The molecular weight excluding hydrogens is 351 g/mol. The first kappa shape index (κ1) is 18.5. The van der Waals surface area contributed by atoms with Gasteiger partial charge in [-0.15, -0.1) is 0 Å². The minimum absolute atomic E-state index is 0.249. The van der Waals surface area contributed by atoms with Crippen LogP contribution in [0.5, 0.6) is 11.5 Å². The molecule has 0 unspecified atom stereocenters. The molecule has 2 rings (SSSR count). The van der Waals surface area contributed by atoms with Crippen molar-refractivity contribution in [3.8, 4) is 11.5 Å². The molecular formula is C17H16ClFN2O4. The standard InChI is InChI=1S/C17H16ClFN2O4/c1-24-14-8-15(25-2)13(7-12(14)18)21-16(22)9-20-17(23)10-3-5-11(19)6-4-10/h3-8H,9H2,1-2H3,(H,20,23)(H,21,22). The molecule has 25 heavy (non-hydrogen) atoms. The molecule has 0 aromatic heterocycles. The topological polar surface area (TPSA) is 76.7 Å². The van der Waals surface area contributed by atoms with Crippen LogP contribution in [0.1, 0.15) is 10.4 Å². The van der Waals surface area contributed by atoms with Crippen LogP contribution in [0.3, 0.4) is 0 Å². The summed E-state index contributed by atoms with van der Waals surface area (Å²) in [6, 6.07) is 8.01. The third-order valence-corrected chi connectivity index (χ3v) is 3.56. The van der Waals surface area contributed by atoms with Crippen molar-refractivity contribution in [3.05, 3.63) is 52.8 Å². The Kier molecular flexibility index (Phi) is 6.19. The number of anilines is 1. The molecule has 0 saturated carbocycles. The van der Waals surface area contributed by atoms with Crippen molar-refractivity contribution < 1.29 is 23.5 Å². The van der Waals surface area contributed by atoms with Crippen molar-refractivity contribution in [2.24, 2.45) is 0 Å². The fourth-order valence-electron chi connectivity index (χ4n) is 2.02. The normalized spacial score (nSPS) is 10.1.